The van der Waals surface area contributed by atoms with Gasteiger partial charge in [-0.1, -0.05) is 6.07 Å². The maximum Gasteiger partial charge on any atom is 0.416 e. The van der Waals surface area contributed by atoms with Crippen LogP contribution in [0, 0.1) is 11.3 Å². The van der Waals surface area contributed by atoms with Crippen molar-refractivity contribution in [1.82, 2.24) is 0 Å². The fourth-order valence-electron chi connectivity index (χ4n) is 1.72. The molecule has 0 saturated heterocycles. The minimum Gasteiger partial charge on any atom is -0.456 e. The number of ether oxygens (including phenoxy) is 1. The number of nitriles is 1. The molecule has 2 rings (SSSR count). The number of hydrogen-bond donors (Lipinski definition) is 0. The molecule has 7 heteroatoms. The molecule has 0 N–H and O–H groups in total. The lowest BCUT2D eigenvalue weighted by Crippen LogP contribution is -2.04. The molecule has 0 radical (unpaired) electrons. The van der Waals surface area contributed by atoms with Gasteiger partial charge in [0.15, 0.2) is 0 Å². The van der Waals surface area contributed by atoms with Crippen molar-refractivity contribution in [3.05, 3.63) is 59.2 Å². The van der Waals surface area contributed by atoms with Crippen molar-refractivity contribution in [2.75, 3.05) is 0 Å². The standard InChI is InChI=1S/C15H8F5NO/c16-14(17)9-4-5-13(10(6-9)8-21)22-12-3-1-2-11(7-12)15(18,19)20/h1-7,14H. The van der Waals surface area contributed by atoms with Gasteiger partial charge in [0.25, 0.3) is 6.43 Å². The largest absolute Gasteiger partial charge is 0.456 e. The highest BCUT2D eigenvalue weighted by Gasteiger charge is 2.30. The van der Waals surface area contributed by atoms with E-state index in [9.17, 15) is 22.0 Å². The summed E-state index contributed by atoms with van der Waals surface area (Å²) in [6, 6.07) is 8.85. The van der Waals surface area contributed by atoms with E-state index in [2.05, 4.69) is 0 Å². The molecule has 0 saturated carbocycles. The normalized spacial score (nSPS) is 11.3. The van der Waals surface area contributed by atoms with Crippen molar-refractivity contribution in [2.45, 2.75) is 12.6 Å². The fraction of sp³-hybridized carbons (Fsp3) is 0.133. The van der Waals surface area contributed by atoms with Crippen LogP contribution in [-0.4, -0.2) is 0 Å². The minimum absolute atomic E-state index is 0.0915. The molecule has 0 fully saturated rings. The summed E-state index contributed by atoms with van der Waals surface area (Å²) in [5, 5.41) is 8.93. The summed E-state index contributed by atoms with van der Waals surface area (Å²) in [7, 11) is 0. The molecule has 0 aliphatic rings. The second kappa shape index (κ2) is 6.02. The summed E-state index contributed by atoms with van der Waals surface area (Å²) in [5.41, 5.74) is -1.46. The van der Waals surface area contributed by atoms with Gasteiger partial charge < -0.3 is 4.74 Å². The quantitative estimate of drug-likeness (QED) is 0.720. The first kappa shape index (κ1) is 15.8. The van der Waals surface area contributed by atoms with E-state index < -0.39 is 18.2 Å². The summed E-state index contributed by atoms with van der Waals surface area (Å²) in [6.07, 6.45) is -7.29. The molecule has 0 aromatic heterocycles. The topological polar surface area (TPSA) is 33.0 Å². The summed E-state index contributed by atoms with van der Waals surface area (Å²) >= 11 is 0. The second-order valence-electron chi connectivity index (χ2n) is 4.30. The highest BCUT2D eigenvalue weighted by molar-refractivity contribution is 5.48. The lowest BCUT2D eigenvalue weighted by Gasteiger charge is -2.11. The van der Waals surface area contributed by atoms with Gasteiger partial charge in [-0.05, 0) is 36.4 Å². The number of nitrogens with zero attached hydrogens (tertiary/aromatic N) is 1. The molecule has 0 unspecified atom stereocenters. The van der Waals surface area contributed by atoms with E-state index in [0.29, 0.717) is 0 Å². The van der Waals surface area contributed by atoms with Crippen LogP contribution in [0.15, 0.2) is 42.5 Å². The van der Waals surface area contributed by atoms with E-state index in [4.69, 9.17) is 10.00 Å². The van der Waals surface area contributed by atoms with E-state index >= 15 is 0 Å². The third kappa shape index (κ3) is 3.52. The minimum atomic E-state index is -4.53. The third-order valence-electron chi connectivity index (χ3n) is 2.77. The van der Waals surface area contributed by atoms with Crippen LogP contribution in [-0.2, 0) is 6.18 Å². The summed E-state index contributed by atoms with van der Waals surface area (Å²) in [6.45, 7) is 0. The first-order valence-electron chi connectivity index (χ1n) is 5.98. The maximum absolute atomic E-state index is 12.6. The van der Waals surface area contributed by atoms with Gasteiger partial charge in [0.05, 0.1) is 11.1 Å². The lowest BCUT2D eigenvalue weighted by atomic mass is 10.1. The number of alkyl halides is 5. The predicted octanol–water partition coefficient (Wildman–Crippen LogP) is 5.31. The van der Waals surface area contributed by atoms with Gasteiger partial charge in [-0.3, -0.25) is 0 Å². The Hall–Kier alpha value is -2.62. The van der Waals surface area contributed by atoms with Crippen LogP contribution in [0.3, 0.4) is 0 Å². The van der Waals surface area contributed by atoms with Crippen LogP contribution < -0.4 is 4.74 Å². The van der Waals surface area contributed by atoms with E-state index in [1.807, 2.05) is 0 Å². The van der Waals surface area contributed by atoms with Crippen LogP contribution in [0.5, 0.6) is 11.5 Å². The van der Waals surface area contributed by atoms with Gasteiger partial charge in [0, 0.05) is 5.56 Å². The van der Waals surface area contributed by atoms with Crippen molar-refractivity contribution < 1.29 is 26.7 Å². The Labute approximate surface area is 122 Å². The maximum atomic E-state index is 12.6. The van der Waals surface area contributed by atoms with Crippen molar-refractivity contribution in [3.63, 3.8) is 0 Å². The van der Waals surface area contributed by atoms with Crippen molar-refractivity contribution in [3.8, 4) is 17.6 Å². The van der Waals surface area contributed by atoms with Crippen molar-refractivity contribution in [1.29, 1.82) is 5.26 Å². The zero-order chi connectivity index (χ0) is 16.3. The van der Waals surface area contributed by atoms with E-state index in [1.54, 1.807) is 6.07 Å². The first-order valence-corrected chi connectivity index (χ1v) is 5.98. The molecular formula is C15H8F5NO. The van der Waals surface area contributed by atoms with Crippen LogP contribution in [0.4, 0.5) is 22.0 Å². The van der Waals surface area contributed by atoms with Crippen LogP contribution in [0.1, 0.15) is 23.1 Å². The predicted molar refractivity (Wildman–Crippen MR) is 67.6 cm³/mol. The second-order valence-corrected chi connectivity index (χ2v) is 4.30. The number of rotatable bonds is 3. The number of benzene rings is 2. The van der Waals surface area contributed by atoms with Crippen LogP contribution >= 0.6 is 0 Å². The molecule has 0 amide bonds. The summed E-state index contributed by atoms with van der Waals surface area (Å²) in [5.74, 6) is -0.234. The van der Waals surface area contributed by atoms with Gasteiger partial charge in [0.2, 0.25) is 0 Å². The van der Waals surface area contributed by atoms with Gasteiger partial charge in [-0.15, -0.1) is 0 Å². The molecule has 2 nitrogen and oxygen atoms in total. The van der Waals surface area contributed by atoms with Crippen LogP contribution in [0.2, 0.25) is 0 Å². The van der Waals surface area contributed by atoms with E-state index in [1.165, 1.54) is 6.07 Å². The van der Waals surface area contributed by atoms with Crippen molar-refractivity contribution >= 4 is 0 Å². The molecule has 114 valence electrons. The van der Waals surface area contributed by atoms with E-state index in [0.717, 1.165) is 36.4 Å². The van der Waals surface area contributed by atoms with Crippen LogP contribution in [0.25, 0.3) is 0 Å². The lowest BCUT2D eigenvalue weighted by molar-refractivity contribution is -0.137. The molecule has 2 aromatic rings. The highest BCUT2D eigenvalue weighted by Crippen LogP contribution is 2.34. The molecule has 0 aliphatic heterocycles. The molecule has 0 atom stereocenters. The molecule has 0 heterocycles. The molecule has 0 spiro atoms. The Balaban J connectivity index is 2.34. The summed E-state index contributed by atoms with van der Waals surface area (Å²) < 4.78 is 68.1. The molecular weight excluding hydrogens is 305 g/mol. The highest BCUT2D eigenvalue weighted by atomic mass is 19.4. The van der Waals surface area contributed by atoms with Gasteiger partial charge in [-0.2, -0.15) is 18.4 Å². The zero-order valence-electron chi connectivity index (χ0n) is 10.9. The van der Waals surface area contributed by atoms with Gasteiger partial charge in [-0.25, -0.2) is 8.78 Å². The Morgan fingerprint density at radius 3 is 2.36 bits per heavy atom. The molecule has 0 aliphatic carbocycles. The molecule has 22 heavy (non-hydrogen) atoms. The molecule has 0 bridgehead atoms. The fourth-order valence-corrected chi connectivity index (χ4v) is 1.72. The van der Waals surface area contributed by atoms with Gasteiger partial charge >= 0.3 is 6.18 Å². The first-order chi connectivity index (χ1) is 10.3. The van der Waals surface area contributed by atoms with E-state index in [-0.39, 0.29) is 22.6 Å². The Bertz CT molecular complexity index is 719. The monoisotopic (exact) mass is 313 g/mol. The van der Waals surface area contributed by atoms with Crippen molar-refractivity contribution in [2.24, 2.45) is 0 Å². The average molecular weight is 313 g/mol. The smallest absolute Gasteiger partial charge is 0.416 e. The number of hydrogen-bond acceptors (Lipinski definition) is 2. The third-order valence-corrected chi connectivity index (χ3v) is 2.77. The SMILES string of the molecule is N#Cc1cc(C(F)F)ccc1Oc1cccc(C(F)(F)F)c1. The summed E-state index contributed by atoms with van der Waals surface area (Å²) in [4.78, 5) is 0. The average Bonchev–Trinajstić information content (AvgIpc) is 2.47. The Kier molecular flexibility index (Phi) is 4.31. The zero-order valence-corrected chi connectivity index (χ0v) is 10.9. The Morgan fingerprint density at radius 2 is 1.77 bits per heavy atom. The molecule has 2 aromatic carbocycles. The Morgan fingerprint density at radius 1 is 1.05 bits per heavy atom. The number of halogens is 5. The van der Waals surface area contributed by atoms with Gasteiger partial charge in [0.1, 0.15) is 17.6 Å².